The van der Waals surface area contributed by atoms with Crippen LogP contribution in [0.4, 0.5) is 34.1 Å². The van der Waals surface area contributed by atoms with E-state index in [1.165, 1.54) is 0 Å². The van der Waals surface area contributed by atoms with E-state index in [0.29, 0.717) is 22.7 Å². The summed E-state index contributed by atoms with van der Waals surface area (Å²) in [5.41, 5.74) is 20.7. The maximum atomic E-state index is 9.98. The van der Waals surface area contributed by atoms with Gasteiger partial charge < -0.3 is 18.9 Å². The number of fused-ring (bicyclic) bond motifs is 10. The molecule has 0 N–H and O–H groups in total. The van der Waals surface area contributed by atoms with E-state index in [2.05, 4.69) is 273 Å². The Morgan fingerprint density at radius 1 is 0.299 bits per heavy atom. The van der Waals surface area contributed by atoms with Crippen molar-refractivity contribution in [1.82, 2.24) is 9.13 Å². The molecule has 15 aromatic rings. The third-order valence-electron chi connectivity index (χ3n) is 22.3. The van der Waals surface area contributed by atoms with Crippen molar-refractivity contribution in [3.05, 3.63) is 305 Å². The molecule has 2 aliphatic heterocycles. The molecular formula is C102H99BN4. The largest absolute Gasteiger partial charge is 0.310 e. The third-order valence-corrected chi connectivity index (χ3v) is 22.3. The Kier molecular flexibility index (Phi) is 12.9. The van der Waals surface area contributed by atoms with E-state index in [9.17, 15) is 21.9 Å². The number of aromatic nitrogens is 2. The fourth-order valence-electron chi connectivity index (χ4n) is 16.3. The molecule has 4 heterocycles. The SMILES string of the molecule is [2H]c1c([2H])c([2H])c2c(c1[2H])c1c([2H])c([2H])c([2H])c([2H])c1n2-c1ccc2c(c1)N(c1c(-c3cccc(C(C)C)c3)cc(C(C)(C)C)cc1-c1cccc(C(C)C)c1)c1cc(C(C)(C)C)cc3c1B2c1ccc(-n2c4c([2H])c([2H])c([2H])c([2H])c4c4c([2H])c([2H])c([2H])c([2H])c42)cc1N3c1c(-c2cccc(C(C)C)c2)cc(C(C)(C)C)cc1-c1cccc(C(C)C)c1. The van der Waals surface area contributed by atoms with E-state index in [1.807, 2.05) is 24.3 Å². The number of anilines is 6. The Hall–Kier alpha value is -10.9. The van der Waals surface area contributed by atoms with Gasteiger partial charge in [0.05, 0.1) is 55.4 Å². The minimum atomic E-state index is -0.770. The number of hydrogen-bond donors (Lipinski definition) is 0. The van der Waals surface area contributed by atoms with E-state index in [4.69, 9.17) is 0 Å². The van der Waals surface area contributed by atoms with Crippen molar-refractivity contribution in [2.75, 3.05) is 9.80 Å². The summed E-state index contributed by atoms with van der Waals surface area (Å²) in [6.07, 6.45) is 0. The van der Waals surface area contributed by atoms with Crippen LogP contribution in [0.25, 0.3) is 99.5 Å². The van der Waals surface area contributed by atoms with Crippen LogP contribution < -0.4 is 26.2 Å². The quantitative estimate of drug-likeness (QED) is 0.113. The number of hydrogen-bond acceptors (Lipinski definition) is 2. The van der Waals surface area contributed by atoms with Crippen LogP contribution >= 0.6 is 0 Å². The zero-order chi connectivity index (χ0) is 88.4. The minimum Gasteiger partial charge on any atom is -0.310 e. The molecule has 0 fully saturated rings. The molecule has 2 aliphatic rings. The van der Waals surface area contributed by atoms with Crippen LogP contribution in [0.5, 0.6) is 0 Å². The molecule has 0 saturated carbocycles. The first-order valence-corrected chi connectivity index (χ1v) is 37.8. The van der Waals surface area contributed by atoms with Crippen LogP contribution in [0.15, 0.2) is 267 Å². The standard InChI is InChI=1S/C102H99BN4/c1-62(2)66-30-26-34-70(50-66)83-54-74(100(9,10)11)55-84(71-35-27-31-67(51-71)63(3)4)98(83)106-93-60-77(104-89-42-22-18-38-79(89)80-39-19-23-43-90(80)104)46-48-87(93)103-88-49-47-78(105-91-44-24-20-40-81(91)82-41-21-25-45-92(82)105)61-94(88)107(96-59-76(102(15,16)17)58-95(106)97(96)103)99-85(72-36-28-32-68(52-72)64(5)6)56-75(101(12,13)14)57-86(99)73-37-29-33-69(53-73)65(7)8/h18-65H,1-17H3/i18D,19D,20D,21D,22D,23D,24D,25D,38D,39D,40D,41D,42D,43D,44D,45D. The Bertz CT molecular complexity index is 6360. The Morgan fingerprint density at radius 3 is 0.841 bits per heavy atom. The average Bonchev–Trinajstić information content (AvgIpc) is 1.26. The fourth-order valence-corrected chi connectivity index (χ4v) is 16.3. The van der Waals surface area contributed by atoms with Crippen molar-refractivity contribution >= 4 is 101 Å². The Balaban J connectivity index is 1.14. The van der Waals surface area contributed by atoms with Gasteiger partial charge >= 0.3 is 0 Å². The van der Waals surface area contributed by atoms with Gasteiger partial charge in [-0.25, -0.2) is 0 Å². The van der Waals surface area contributed by atoms with Crippen molar-refractivity contribution in [1.29, 1.82) is 0 Å². The first-order valence-electron chi connectivity index (χ1n) is 45.8. The van der Waals surface area contributed by atoms with Gasteiger partial charge in [-0.15, -0.1) is 0 Å². The molecule has 4 nitrogen and oxygen atoms in total. The Morgan fingerprint density at radius 2 is 0.570 bits per heavy atom. The summed E-state index contributed by atoms with van der Waals surface area (Å²) in [5, 5.41) is -0.250. The van der Waals surface area contributed by atoms with Gasteiger partial charge in [-0.05, 0) is 202 Å². The predicted octanol–water partition coefficient (Wildman–Crippen LogP) is 27.0. The molecule has 0 spiro atoms. The highest BCUT2D eigenvalue weighted by atomic mass is 15.2. The molecule has 0 saturated heterocycles. The molecule has 0 bridgehead atoms. The number of nitrogens with zero attached hydrogens (tertiary/aromatic N) is 4. The second-order valence-electron chi connectivity index (χ2n) is 33.8. The lowest BCUT2D eigenvalue weighted by molar-refractivity contribution is 0.590. The molecular weight excluding hydrogens is 1290 g/mol. The topological polar surface area (TPSA) is 16.3 Å². The maximum absolute atomic E-state index is 9.98. The summed E-state index contributed by atoms with van der Waals surface area (Å²) in [4.78, 5) is 4.81. The first-order chi connectivity index (χ1) is 57.9. The smallest absolute Gasteiger partial charge is 0.252 e. The second-order valence-corrected chi connectivity index (χ2v) is 33.8. The van der Waals surface area contributed by atoms with Crippen LogP contribution in [0.3, 0.4) is 0 Å². The Labute approximate surface area is 657 Å². The molecule has 5 heteroatoms. The van der Waals surface area contributed by atoms with Crippen LogP contribution in [-0.2, 0) is 16.2 Å². The predicted molar refractivity (Wildman–Crippen MR) is 463 cm³/mol. The van der Waals surface area contributed by atoms with Gasteiger partial charge in [0.25, 0.3) is 6.71 Å². The molecule has 107 heavy (non-hydrogen) atoms. The van der Waals surface area contributed by atoms with Crippen molar-refractivity contribution in [3.8, 4) is 55.9 Å². The van der Waals surface area contributed by atoms with E-state index >= 15 is 0 Å². The van der Waals surface area contributed by atoms with E-state index in [-0.39, 0.29) is 67.3 Å². The number of benzene rings is 13. The van der Waals surface area contributed by atoms with Crippen LogP contribution in [-0.4, -0.2) is 15.8 Å². The highest BCUT2D eigenvalue weighted by molar-refractivity contribution is 7.00. The monoisotopic (exact) mass is 1410 g/mol. The van der Waals surface area contributed by atoms with Gasteiger partial charge in [0.15, 0.2) is 0 Å². The molecule has 0 aliphatic carbocycles. The summed E-state index contributed by atoms with van der Waals surface area (Å²) in [7, 11) is 0. The molecule has 530 valence electrons. The minimum absolute atomic E-state index is 0.0390. The van der Waals surface area contributed by atoms with Gasteiger partial charge in [0.1, 0.15) is 0 Å². The van der Waals surface area contributed by atoms with E-state index in [0.717, 1.165) is 123 Å². The lowest BCUT2D eigenvalue weighted by atomic mass is 9.33. The van der Waals surface area contributed by atoms with Crippen LogP contribution in [0, 0.1) is 0 Å². The summed E-state index contributed by atoms with van der Waals surface area (Å²) in [6.45, 7) is 36.9. The van der Waals surface area contributed by atoms with E-state index in [1.54, 1.807) is 9.13 Å². The van der Waals surface area contributed by atoms with Gasteiger partial charge in [-0.2, -0.15) is 0 Å². The van der Waals surface area contributed by atoms with Crippen molar-refractivity contribution in [3.63, 3.8) is 0 Å². The van der Waals surface area contributed by atoms with Gasteiger partial charge in [0, 0.05) is 77.9 Å². The van der Waals surface area contributed by atoms with Gasteiger partial charge in [-0.3, -0.25) is 0 Å². The molecule has 0 atom stereocenters. The maximum Gasteiger partial charge on any atom is 0.252 e. The van der Waals surface area contributed by atoms with Crippen LogP contribution in [0.1, 0.15) is 202 Å². The second kappa shape index (κ2) is 26.0. The number of rotatable bonds is 12. The lowest BCUT2D eigenvalue weighted by Gasteiger charge is -2.47. The molecule has 13 aromatic carbocycles. The molecule has 0 unspecified atom stereocenters. The normalized spacial score (nSPS) is 15.3. The van der Waals surface area contributed by atoms with Crippen molar-refractivity contribution in [2.24, 2.45) is 0 Å². The van der Waals surface area contributed by atoms with Crippen LogP contribution in [0.2, 0.25) is 0 Å². The van der Waals surface area contributed by atoms with E-state index < -0.39 is 120 Å². The average molecular weight is 1410 g/mol. The fraction of sp³-hybridized carbons (Fsp3) is 0.235. The summed E-state index contributed by atoms with van der Waals surface area (Å²) in [6, 6.07) is 53.0. The number of para-hydroxylation sites is 4. The first kappa shape index (κ1) is 53.0. The highest BCUT2D eigenvalue weighted by Crippen LogP contribution is 2.56. The zero-order valence-electron chi connectivity index (χ0n) is 80.3. The third kappa shape index (κ3) is 11.7. The molecule has 0 amide bonds. The summed E-state index contributed by atoms with van der Waals surface area (Å²) in [5.74, 6) is 0.465. The van der Waals surface area contributed by atoms with Crippen molar-refractivity contribution in [2.45, 2.75) is 158 Å². The zero-order valence-corrected chi connectivity index (χ0v) is 64.3. The highest BCUT2D eigenvalue weighted by Gasteiger charge is 2.47. The van der Waals surface area contributed by atoms with Gasteiger partial charge in [0.2, 0.25) is 0 Å². The lowest BCUT2D eigenvalue weighted by Crippen LogP contribution is -2.61. The molecule has 0 radical (unpaired) electrons. The summed E-state index contributed by atoms with van der Waals surface area (Å²) >= 11 is 0. The molecule has 2 aromatic heterocycles. The van der Waals surface area contributed by atoms with Gasteiger partial charge in [-0.1, -0.05) is 299 Å². The molecule has 17 rings (SSSR count). The van der Waals surface area contributed by atoms with Crippen molar-refractivity contribution < 1.29 is 21.9 Å². The summed E-state index contributed by atoms with van der Waals surface area (Å²) < 4.78 is 156.